The van der Waals surface area contributed by atoms with Crippen molar-refractivity contribution >= 4 is 11.8 Å². The number of rotatable bonds is 3. The molecule has 2 rings (SSSR count). The number of aromatic carboxylic acids is 1. The van der Waals surface area contributed by atoms with Crippen LogP contribution in [0, 0.1) is 0 Å². The van der Waals surface area contributed by atoms with Gasteiger partial charge in [-0.25, -0.2) is 4.79 Å². The lowest BCUT2D eigenvalue weighted by Gasteiger charge is -2.22. The second kappa shape index (κ2) is 4.99. The Kier molecular flexibility index (Phi) is 3.42. The minimum absolute atomic E-state index is 0.0661. The molecule has 90 valence electrons. The molecular weight excluding hydrogens is 220 g/mol. The van der Waals surface area contributed by atoms with Crippen molar-refractivity contribution in [3.8, 4) is 5.75 Å². The molecule has 4 heteroatoms. The number of hydrogen-bond acceptors (Lipinski definition) is 3. The number of carbonyl (C=O) groups is 2. The van der Waals surface area contributed by atoms with Gasteiger partial charge in [-0.15, -0.1) is 0 Å². The molecule has 0 amide bonds. The molecule has 1 fully saturated rings. The van der Waals surface area contributed by atoms with Crippen LogP contribution in [0.25, 0.3) is 0 Å². The smallest absolute Gasteiger partial charge is 0.339 e. The van der Waals surface area contributed by atoms with Gasteiger partial charge in [0.15, 0.2) is 11.9 Å². The zero-order valence-electron chi connectivity index (χ0n) is 9.39. The zero-order chi connectivity index (χ0) is 12.3. The number of para-hydroxylation sites is 1. The van der Waals surface area contributed by atoms with Gasteiger partial charge in [-0.3, -0.25) is 4.79 Å². The van der Waals surface area contributed by atoms with E-state index in [1.54, 1.807) is 18.2 Å². The molecule has 0 radical (unpaired) electrons. The third-order valence-corrected chi connectivity index (χ3v) is 2.89. The van der Waals surface area contributed by atoms with E-state index in [0.29, 0.717) is 12.8 Å². The van der Waals surface area contributed by atoms with Crippen LogP contribution < -0.4 is 4.74 Å². The molecule has 1 atom stereocenters. The maximum absolute atomic E-state index is 11.6. The van der Waals surface area contributed by atoms with Crippen molar-refractivity contribution in [2.45, 2.75) is 31.8 Å². The van der Waals surface area contributed by atoms with Crippen LogP contribution in [-0.4, -0.2) is 23.0 Å². The number of ether oxygens (including phenoxy) is 1. The Morgan fingerprint density at radius 2 is 2.06 bits per heavy atom. The molecule has 1 N–H and O–H groups in total. The monoisotopic (exact) mass is 234 g/mol. The Labute approximate surface area is 99.2 Å². The molecule has 1 aromatic carbocycles. The lowest BCUT2D eigenvalue weighted by Crippen LogP contribution is -2.30. The summed E-state index contributed by atoms with van der Waals surface area (Å²) in [7, 11) is 0. The highest BCUT2D eigenvalue weighted by Gasteiger charge is 2.25. The Morgan fingerprint density at radius 1 is 1.29 bits per heavy atom. The van der Waals surface area contributed by atoms with Gasteiger partial charge in [0.1, 0.15) is 11.3 Å². The van der Waals surface area contributed by atoms with Gasteiger partial charge in [-0.2, -0.15) is 0 Å². The Hall–Kier alpha value is -1.84. The molecule has 1 aliphatic carbocycles. The maximum Gasteiger partial charge on any atom is 0.339 e. The number of carboxylic acid groups (broad SMARTS) is 1. The largest absolute Gasteiger partial charge is 0.482 e. The average Bonchev–Trinajstić information content (AvgIpc) is 2.32. The third kappa shape index (κ3) is 2.64. The minimum Gasteiger partial charge on any atom is -0.482 e. The number of carboxylic acids is 1. The van der Waals surface area contributed by atoms with Crippen molar-refractivity contribution < 1.29 is 19.4 Å². The van der Waals surface area contributed by atoms with E-state index in [1.807, 2.05) is 0 Å². The number of Topliss-reactive ketones (excluding diaryl/α,β-unsaturated/α-hetero) is 1. The van der Waals surface area contributed by atoms with Crippen LogP contribution in [0.15, 0.2) is 24.3 Å². The van der Waals surface area contributed by atoms with E-state index in [0.717, 1.165) is 12.8 Å². The number of ketones is 1. The predicted molar refractivity (Wildman–Crippen MR) is 61.3 cm³/mol. The summed E-state index contributed by atoms with van der Waals surface area (Å²) in [5, 5.41) is 9.00. The van der Waals surface area contributed by atoms with Gasteiger partial charge in [0.05, 0.1) is 0 Å². The highest BCUT2D eigenvalue weighted by molar-refractivity contribution is 5.91. The molecule has 1 saturated carbocycles. The van der Waals surface area contributed by atoms with Crippen molar-refractivity contribution in [3.63, 3.8) is 0 Å². The van der Waals surface area contributed by atoms with E-state index in [1.165, 1.54) is 6.07 Å². The van der Waals surface area contributed by atoms with Crippen LogP contribution in [-0.2, 0) is 4.79 Å². The lowest BCUT2D eigenvalue weighted by atomic mass is 9.96. The molecule has 17 heavy (non-hydrogen) atoms. The first-order chi connectivity index (χ1) is 8.18. The molecule has 0 bridgehead atoms. The fourth-order valence-electron chi connectivity index (χ4n) is 1.97. The zero-order valence-corrected chi connectivity index (χ0v) is 9.39. The van der Waals surface area contributed by atoms with E-state index in [-0.39, 0.29) is 17.1 Å². The quantitative estimate of drug-likeness (QED) is 0.871. The summed E-state index contributed by atoms with van der Waals surface area (Å²) >= 11 is 0. The van der Waals surface area contributed by atoms with Gasteiger partial charge in [0.2, 0.25) is 0 Å². The van der Waals surface area contributed by atoms with E-state index in [9.17, 15) is 9.59 Å². The summed E-state index contributed by atoms with van der Waals surface area (Å²) in [4.78, 5) is 22.6. The van der Waals surface area contributed by atoms with E-state index in [4.69, 9.17) is 9.84 Å². The standard InChI is InChI=1S/C13H14O4/c14-10-6-2-4-8-12(10)17-11-7-3-1-5-9(11)13(15)16/h1,3,5,7,12H,2,4,6,8H2,(H,15,16). The van der Waals surface area contributed by atoms with Crippen molar-refractivity contribution in [3.05, 3.63) is 29.8 Å². The van der Waals surface area contributed by atoms with Crippen LogP contribution in [0.5, 0.6) is 5.75 Å². The van der Waals surface area contributed by atoms with E-state index < -0.39 is 12.1 Å². The van der Waals surface area contributed by atoms with Crippen LogP contribution in [0.3, 0.4) is 0 Å². The third-order valence-electron chi connectivity index (χ3n) is 2.89. The van der Waals surface area contributed by atoms with Gasteiger partial charge in [0.25, 0.3) is 0 Å². The summed E-state index contributed by atoms with van der Waals surface area (Å²) in [5.74, 6) is -0.694. The summed E-state index contributed by atoms with van der Waals surface area (Å²) < 4.78 is 5.53. The minimum atomic E-state index is -1.04. The molecule has 0 saturated heterocycles. The van der Waals surface area contributed by atoms with Crippen LogP contribution in [0.4, 0.5) is 0 Å². The summed E-state index contributed by atoms with van der Waals surface area (Å²) in [6.07, 6.45) is 2.57. The SMILES string of the molecule is O=C(O)c1ccccc1OC1CCCCC1=O. The van der Waals surface area contributed by atoms with Crippen molar-refractivity contribution in [2.24, 2.45) is 0 Å². The van der Waals surface area contributed by atoms with Gasteiger partial charge < -0.3 is 9.84 Å². The number of hydrogen-bond donors (Lipinski definition) is 1. The highest BCUT2D eigenvalue weighted by atomic mass is 16.5. The molecule has 0 aromatic heterocycles. The molecule has 1 unspecified atom stereocenters. The maximum atomic E-state index is 11.6. The molecule has 0 aliphatic heterocycles. The van der Waals surface area contributed by atoms with Crippen LogP contribution in [0.2, 0.25) is 0 Å². The first kappa shape index (κ1) is 11.6. The second-order valence-corrected chi connectivity index (χ2v) is 4.12. The fourth-order valence-corrected chi connectivity index (χ4v) is 1.97. The number of benzene rings is 1. The van der Waals surface area contributed by atoms with E-state index in [2.05, 4.69) is 0 Å². The molecule has 1 aromatic rings. The second-order valence-electron chi connectivity index (χ2n) is 4.12. The summed E-state index contributed by atoms with van der Waals surface area (Å²) in [6, 6.07) is 6.41. The van der Waals surface area contributed by atoms with Gasteiger partial charge >= 0.3 is 5.97 Å². The van der Waals surface area contributed by atoms with Crippen molar-refractivity contribution in [2.75, 3.05) is 0 Å². The Bertz CT molecular complexity index is 439. The first-order valence-corrected chi connectivity index (χ1v) is 5.70. The Balaban J connectivity index is 2.17. The van der Waals surface area contributed by atoms with Gasteiger partial charge in [0, 0.05) is 6.42 Å². The van der Waals surface area contributed by atoms with Crippen molar-refractivity contribution in [1.82, 2.24) is 0 Å². The fraction of sp³-hybridized carbons (Fsp3) is 0.385. The molecular formula is C13H14O4. The summed E-state index contributed by atoms with van der Waals surface area (Å²) in [5.41, 5.74) is 0.103. The Morgan fingerprint density at radius 3 is 2.76 bits per heavy atom. The number of carbonyl (C=O) groups excluding carboxylic acids is 1. The topological polar surface area (TPSA) is 63.6 Å². The van der Waals surface area contributed by atoms with Crippen LogP contribution >= 0.6 is 0 Å². The lowest BCUT2D eigenvalue weighted by molar-refractivity contribution is -0.127. The molecule has 1 aliphatic rings. The average molecular weight is 234 g/mol. The molecule has 0 spiro atoms. The molecule has 4 nitrogen and oxygen atoms in total. The first-order valence-electron chi connectivity index (χ1n) is 5.70. The van der Waals surface area contributed by atoms with Gasteiger partial charge in [-0.1, -0.05) is 12.1 Å². The summed E-state index contributed by atoms with van der Waals surface area (Å²) in [6.45, 7) is 0. The highest BCUT2D eigenvalue weighted by Crippen LogP contribution is 2.24. The van der Waals surface area contributed by atoms with Crippen molar-refractivity contribution in [1.29, 1.82) is 0 Å². The predicted octanol–water partition coefficient (Wildman–Crippen LogP) is 2.28. The normalized spacial score (nSPS) is 20.0. The van der Waals surface area contributed by atoms with Gasteiger partial charge in [-0.05, 0) is 31.4 Å². The van der Waals surface area contributed by atoms with E-state index >= 15 is 0 Å². The van der Waals surface area contributed by atoms with Crippen LogP contribution in [0.1, 0.15) is 36.0 Å². The molecule has 0 heterocycles.